The summed E-state index contributed by atoms with van der Waals surface area (Å²) in [5, 5.41) is 0.671. The molecule has 0 saturated heterocycles. The summed E-state index contributed by atoms with van der Waals surface area (Å²) in [4.78, 5) is 40.2. The molecule has 0 atom stereocenters. The zero-order chi connectivity index (χ0) is 20.5. The summed E-state index contributed by atoms with van der Waals surface area (Å²) < 4.78 is 0. The third-order valence-corrected chi connectivity index (χ3v) is 4.63. The Morgan fingerprint density at radius 3 is 2.18 bits per heavy atom. The Bertz CT molecular complexity index is 1060. The van der Waals surface area contributed by atoms with Crippen LogP contribution in [0.5, 0.6) is 0 Å². The Kier molecular flexibility index (Phi) is 5.05. The number of aromatic nitrogens is 1. The average Bonchev–Trinajstić information content (AvgIpc) is 3.00. The molecule has 0 spiro atoms. The highest BCUT2D eigenvalue weighted by molar-refractivity contribution is 6.45. The van der Waals surface area contributed by atoms with Crippen molar-refractivity contribution in [1.29, 1.82) is 0 Å². The molecule has 2 aromatic carbocycles. The van der Waals surface area contributed by atoms with Gasteiger partial charge >= 0.3 is 5.91 Å². The van der Waals surface area contributed by atoms with Crippen molar-refractivity contribution in [3.05, 3.63) is 70.9 Å². The number of aryl methyl sites for hydroxylation is 1. The molecule has 1 heterocycles. The second-order valence-corrected chi connectivity index (χ2v) is 7.74. The monoisotopic (exact) mass is 377 g/mol. The number of amides is 2. The molecule has 0 aliphatic rings. The second-order valence-electron chi connectivity index (χ2n) is 7.74. The van der Waals surface area contributed by atoms with Crippen LogP contribution in [0.25, 0.3) is 10.9 Å². The van der Waals surface area contributed by atoms with E-state index in [2.05, 4.69) is 36.6 Å². The molecule has 0 radical (unpaired) electrons. The average molecular weight is 377 g/mol. The zero-order valence-corrected chi connectivity index (χ0v) is 16.3. The molecule has 2 amide bonds. The number of benzene rings is 2. The number of Topliss-reactive ketones (excluding diaryl/α,β-unsaturated/α-hetero) is 1. The maximum atomic E-state index is 12.6. The number of ketones is 1. The molecule has 6 heteroatoms. The van der Waals surface area contributed by atoms with Crippen LogP contribution in [-0.2, 0) is 10.2 Å². The van der Waals surface area contributed by atoms with Gasteiger partial charge in [-0.25, -0.2) is 0 Å². The lowest BCUT2D eigenvalue weighted by atomic mass is 9.87. The fourth-order valence-corrected chi connectivity index (χ4v) is 3.05. The van der Waals surface area contributed by atoms with Crippen LogP contribution in [0.15, 0.2) is 48.5 Å². The van der Waals surface area contributed by atoms with Gasteiger partial charge in [0.15, 0.2) is 0 Å². The van der Waals surface area contributed by atoms with E-state index in [4.69, 9.17) is 0 Å². The zero-order valence-electron chi connectivity index (χ0n) is 16.3. The Morgan fingerprint density at radius 2 is 1.54 bits per heavy atom. The number of hydrogen-bond acceptors (Lipinski definition) is 3. The minimum atomic E-state index is -0.896. The van der Waals surface area contributed by atoms with Gasteiger partial charge in [0.25, 0.3) is 11.7 Å². The van der Waals surface area contributed by atoms with E-state index < -0.39 is 17.6 Å². The molecule has 0 aliphatic heterocycles. The van der Waals surface area contributed by atoms with Gasteiger partial charge in [0.05, 0.1) is 5.56 Å². The normalized spacial score (nSPS) is 11.3. The van der Waals surface area contributed by atoms with Crippen molar-refractivity contribution in [2.75, 3.05) is 0 Å². The summed E-state index contributed by atoms with van der Waals surface area (Å²) in [6.45, 7) is 7.98. The maximum absolute atomic E-state index is 12.6. The molecule has 0 bridgehead atoms. The third kappa shape index (κ3) is 3.81. The Morgan fingerprint density at radius 1 is 0.893 bits per heavy atom. The molecule has 0 aliphatic carbocycles. The molecule has 28 heavy (non-hydrogen) atoms. The van der Waals surface area contributed by atoms with Crippen LogP contribution < -0.4 is 10.9 Å². The van der Waals surface area contributed by atoms with E-state index in [1.165, 1.54) is 0 Å². The van der Waals surface area contributed by atoms with Gasteiger partial charge in [0.1, 0.15) is 0 Å². The SMILES string of the molecule is Cc1[nH]c2ccccc2c1C(=O)C(=O)NNC(=O)c1ccc(C(C)(C)C)cc1. The molecule has 3 N–H and O–H groups in total. The second kappa shape index (κ2) is 7.31. The summed E-state index contributed by atoms with van der Waals surface area (Å²) in [7, 11) is 0. The summed E-state index contributed by atoms with van der Waals surface area (Å²) in [6, 6.07) is 14.4. The first kappa shape index (κ1) is 19.4. The van der Waals surface area contributed by atoms with E-state index in [0.29, 0.717) is 22.2 Å². The number of hydrogen-bond donors (Lipinski definition) is 3. The first-order valence-corrected chi connectivity index (χ1v) is 9.01. The highest BCUT2D eigenvalue weighted by Gasteiger charge is 2.23. The fraction of sp³-hybridized carbons (Fsp3) is 0.227. The van der Waals surface area contributed by atoms with E-state index in [0.717, 1.165) is 11.1 Å². The fourth-order valence-electron chi connectivity index (χ4n) is 3.05. The minimum absolute atomic E-state index is 0.0210. The molecular weight excluding hydrogens is 354 g/mol. The molecule has 1 aromatic heterocycles. The molecule has 144 valence electrons. The topological polar surface area (TPSA) is 91.1 Å². The van der Waals surface area contributed by atoms with Crippen LogP contribution in [0, 0.1) is 6.92 Å². The van der Waals surface area contributed by atoms with Crippen LogP contribution in [-0.4, -0.2) is 22.6 Å². The van der Waals surface area contributed by atoms with Crippen molar-refractivity contribution in [3.8, 4) is 0 Å². The highest BCUT2D eigenvalue weighted by Crippen LogP contribution is 2.23. The lowest BCUT2D eigenvalue weighted by Crippen LogP contribution is -2.45. The van der Waals surface area contributed by atoms with Gasteiger partial charge in [0, 0.05) is 22.2 Å². The van der Waals surface area contributed by atoms with Crippen molar-refractivity contribution in [2.24, 2.45) is 0 Å². The van der Waals surface area contributed by atoms with Gasteiger partial charge in [-0.1, -0.05) is 51.1 Å². The molecule has 6 nitrogen and oxygen atoms in total. The van der Waals surface area contributed by atoms with Crippen LogP contribution in [0.2, 0.25) is 0 Å². The lowest BCUT2D eigenvalue weighted by molar-refractivity contribution is -0.117. The Hall–Kier alpha value is -3.41. The minimum Gasteiger partial charge on any atom is -0.358 e. The smallest absolute Gasteiger partial charge is 0.310 e. The number of carbonyl (C=O) groups excluding carboxylic acids is 3. The number of hydrazine groups is 1. The molecule has 3 aromatic rings. The van der Waals surface area contributed by atoms with Gasteiger partial charge < -0.3 is 4.98 Å². The van der Waals surface area contributed by atoms with Crippen molar-refractivity contribution in [2.45, 2.75) is 33.1 Å². The quantitative estimate of drug-likeness (QED) is 0.371. The molecule has 0 fully saturated rings. The van der Waals surface area contributed by atoms with E-state index in [-0.39, 0.29) is 5.41 Å². The predicted octanol–water partition coefficient (Wildman–Crippen LogP) is 3.42. The maximum Gasteiger partial charge on any atom is 0.310 e. The molecule has 3 rings (SSSR count). The molecule has 0 unspecified atom stereocenters. The third-order valence-electron chi connectivity index (χ3n) is 4.63. The van der Waals surface area contributed by atoms with Gasteiger partial charge in [-0.15, -0.1) is 0 Å². The van der Waals surface area contributed by atoms with E-state index in [1.54, 1.807) is 31.2 Å². The molecule has 0 saturated carbocycles. The number of rotatable bonds is 3. The summed E-state index contributed by atoms with van der Waals surface area (Å²) in [5.41, 5.74) is 7.65. The first-order chi connectivity index (χ1) is 13.2. The van der Waals surface area contributed by atoms with Gasteiger partial charge in [-0.2, -0.15) is 0 Å². The van der Waals surface area contributed by atoms with Gasteiger partial charge in [-0.05, 0) is 36.1 Å². The van der Waals surface area contributed by atoms with Crippen molar-refractivity contribution in [3.63, 3.8) is 0 Å². The van der Waals surface area contributed by atoms with Crippen LogP contribution >= 0.6 is 0 Å². The van der Waals surface area contributed by atoms with Crippen LogP contribution in [0.4, 0.5) is 0 Å². The summed E-state index contributed by atoms with van der Waals surface area (Å²) >= 11 is 0. The summed E-state index contributed by atoms with van der Waals surface area (Å²) in [5.74, 6) is -2.09. The summed E-state index contributed by atoms with van der Waals surface area (Å²) in [6.07, 6.45) is 0. The number of fused-ring (bicyclic) bond motifs is 1. The predicted molar refractivity (Wildman–Crippen MR) is 108 cm³/mol. The van der Waals surface area contributed by atoms with Crippen LogP contribution in [0.3, 0.4) is 0 Å². The van der Waals surface area contributed by atoms with Crippen LogP contribution in [0.1, 0.15) is 52.7 Å². The number of para-hydroxylation sites is 1. The van der Waals surface area contributed by atoms with Gasteiger partial charge in [-0.3, -0.25) is 25.2 Å². The Balaban J connectivity index is 1.68. The highest BCUT2D eigenvalue weighted by atomic mass is 16.2. The number of carbonyl (C=O) groups is 3. The lowest BCUT2D eigenvalue weighted by Gasteiger charge is -2.19. The van der Waals surface area contributed by atoms with E-state index >= 15 is 0 Å². The van der Waals surface area contributed by atoms with E-state index in [9.17, 15) is 14.4 Å². The Labute approximate surface area is 163 Å². The van der Waals surface area contributed by atoms with E-state index in [1.807, 2.05) is 24.3 Å². The number of nitrogens with one attached hydrogen (secondary N) is 3. The first-order valence-electron chi connectivity index (χ1n) is 9.01. The standard InChI is InChI=1S/C22H23N3O3/c1-13-18(16-7-5-6-8-17(16)23-13)19(26)21(28)25-24-20(27)14-9-11-15(12-10-14)22(2,3)4/h5-12,23H,1-4H3,(H,24,27)(H,25,28). The van der Waals surface area contributed by atoms with Crippen molar-refractivity contribution >= 4 is 28.5 Å². The number of H-pyrrole nitrogens is 1. The number of aromatic amines is 1. The van der Waals surface area contributed by atoms with Gasteiger partial charge in [0.2, 0.25) is 0 Å². The van der Waals surface area contributed by atoms with Crippen molar-refractivity contribution < 1.29 is 14.4 Å². The van der Waals surface area contributed by atoms with Crippen molar-refractivity contribution in [1.82, 2.24) is 15.8 Å². The largest absolute Gasteiger partial charge is 0.358 e. The molecular formula is C22H23N3O3.